The number of aromatic carboxylic acids is 2. The van der Waals surface area contributed by atoms with Gasteiger partial charge in [0.15, 0.2) is 0 Å². The molecule has 0 saturated heterocycles. The largest absolute Gasteiger partial charge is 0.486 e. The van der Waals surface area contributed by atoms with E-state index in [0.29, 0.717) is 5.56 Å². The Balaban J connectivity index is 2.27. The van der Waals surface area contributed by atoms with Crippen LogP contribution in [0.25, 0.3) is 0 Å². The van der Waals surface area contributed by atoms with Crippen molar-refractivity contribution in [3.63, 3.8) is 0 Å². The summed E-state index contributed by atoms with van der Waals surface area (Å²) in [5.74, 6) is -2.35. The van der Waals surface area contributed by atoms with Crippen molar-refractivity contribution in [3.05, 3.63) is 64.7 Å². The quantitative estimate of drug-likeness (QED) is 0.907. The van der Waals surface area contributed by atoms with Gasteiger partial charge in [-0.2, -0.15) is 0 Å². The summed E-state index contributed by atoms with van der Waals surface area (Å²) in [5.41, 5.74) is 0.703. The lowest BCUT2D eigenvalue weighted by molar-refractivity contribution is 0.0683. The van der Waals surface area contributed by atoms with Crippen LogP contribution in [0.3, 0.4) is 0 Å². The van der Waals surface area contributed by atoms with Crippen LogP contribution in [-0.2, 0) is 0 Å². The molecular formula is C18H16O5. The number of fused-ring (bicyclic) bond motifs is 1. The zero-order valence-corrected chi connectivity index (χ0v) is 12.7. The smallest absolute Gasteiger partial charge is 0.339 e. The van der Waals surface area contributed by atoms with Crippen molar-refractivity contribution in [2.45, 2.75) is 25.4 Å². The number of carboxylic acid groups (broad SMARTS) is 2. The predicted octanol–water partition coefficient (Wildman–Crippen LogP) is 3.39. The van der Waals surface area contributed by atoms with Crippen LogP contribution in [-0.4, -0.2) is 27.8 Å². The molecule has 1 atom stereocenters. The molecule has 0 spiro atoms. The first kappa shape index (κ1) is 15.1. The Hall–Kier alpha value is -2.82. The lowest BCUT2D eigenvalue weighted by Crippen LogP contribution is -2.31. The topological polar surface area (TPSA) is 83.8 Å². The standard InChI is InChI=1S/C18H16O5/c1-18(2)14(10-6-4-3-5-7-10)12-8-11(16(19)20)9-13(17(21)22)15(12)23-18/h3-9,14H,1-2H3,(H,19,20)(H,21,22). The van der Waals surface area contributed by atoms with Crippen molar-refractivity contribution in [3.8, 4) is 5.75 Å². The highest BCUT2D eigenvalue weighted by Crippen LogP contribution is 2.50. The zero-order valence-electron chi connectivity index (χ0n) is 12.7. The van der Waals surface area contributed by atoms with E-state index >= 15 is 0 Å². The van der Waals surface area contributed by atoms with E-state index in [1.807, 2.05) is 44.2 Å². The fraction of sp³-hybridized carbons (Fsp3) is 0.222. The first-order valence-corrected chi connectivity index (χ1v) is 7.20. The molecule has 1 heterocycles. The fourth-order valence-electron chi connectivity index (χ4n) is 3.18. The molecule has 118 valence electrons. The number of hydrogen-bond acceptors (Lipinski definition) is 3. The van der Waals surface area contributed by atoms with Crippen molar-refractivity contribution in [1.29, 1.82) is 0 Å². The summed E-state index contributed by atoms with van der Waals surface area (Å²) in [6.07, 6.45) is 0. The number of carboxylic acids is 2. The van der Waals surface area contributed by atoms with Gasteiger partial charge in [0.1, 0.15) is 16.9 Å². The van der Waals surface area contributed by atoms with Crippen LogP contribution in [0, 0.1) is 0 Å². The molecule has 0 radical (unpaired) electrons. The summed E-state index contributed by atoms with van der Waals surface area (Å²) in [5, 5.41) is 18.7. The Bertz CT molecular complexity index is 793. The molecular weight excluding hydrogens is 296 g/mol. The minimum atomic E-state index is -1.20. The van der Waals surface area contributed by atoms with Gasteiger partial charge in [0, 0.05) is 5.56 Å². The third kappa shape index (κ3) is 2.44. The van der Waals surface area contributed by atoms with Gasteiger partial charge < -0.3 is 14.9 Å². The lowest BCUT2D eigenvalue weighted by Gasteiger charge is -2.26. The summed E-state index contributed by atoms with van der Waals surface area (Å²) in [6, 6.07) is 12.2. The van der Waals surface area contributed by atoms with E-state index in [4.69, 9.17) is 4.74 Å². The summed E-state index contributed by atoms with van der Waals surface area (Å²) >= 11 is 0. The first-order valence-electron chi connectivity index (χ1n) is 7.20. The van der Waals surface area contributed by atoms with E-state index in [2.05, 4.69) is 0 Å². The van der Waals surface area contributed by atoms with Crippen LogP contribution in [0.4, 0.5) is 0 Å². The highest BCUT2D eigenvalue weighted by molar-refractivity contribution is 5.97. The maximum atomic E-state index is 11.5. The molecule has 0 saturated carbocycles. The van der Waals surface area contributed by atoms with Crippen LogP contribution in [0.5, 0.6) is 5.75 Å². The van der Waals surface area contributed by atoms with Gasteiger partial charge in [0.2, 0.25) is 0 Å². The van der Waals surface area contributed by atoms with Crippen LogP contribution in [0.15, 0.2) is 42.5 Å². The predicted molar refractivity (Wildman–Crippen MR) is 83.4 cm³/mol. The minimum absolute atomic E-state index is 0.0524. The van der Waals surface area contributed by atoms with E-state index in [1.165, 1.54) is 6.07 Å². The molecule has 3 rings (SSSR count). The van der Waals surface area contributed by atoms with Crippen molar-refractivity contribution >= 4 is 11.9 Å². The van der Waals surface area contributed by atoms with E-state index in [-0.39, 0.29) is 22.8 Å². The third-order valence-electron chi connectivity index (χ3n) is 4.10. The van der Waals surface area contributed by atoms with Crippen LogP contribution in [0.2, 0.25) is 0 Å². The molecule has 1 unspecified atom stereocenters. The maximum Gasteiger partial charge on any atom is 0.339 e. The van der Waals surface area contributed by atoms with E-state index in [9.17, 15) is 19.8 Å². The average Bonchev–Trinajstić information content (AvgIpc) is 2.76. The molecule has 0 amide bonds. The Labute approximate surface area is 133 Å². The van der Waals surface area contributed by atoms with E-state index in [0.717, 1.165) is 11.6 Å². The highest BCUT2D eigenvalue weighted by Gasteiger charge is 2.44. The van der Waals surface area contributed by atoms with Crippen molar-refractivity contribution in [1.82, 2.24) is 0 Å². The third-order valence-corrected chi connectivity index (χ3v) is 4.10. The van der Waals surface area contributed by atoms with Crippen molar-refractivity contribution in [2.24, 2.45) is 0 Å². The number of hydrogen-bond donors (Lipinski definition) is 2. The van der Waals surface area contributed by atoms with Gasteiger partial charge in [-0.25, -0.2) is 9.59 Å². The van der Waals surface area contributed by atoms with Gasteiger partial charge in [-0.05, 0) is 31.5 Å². The molecule has 23 heavy (non-hydrogen) atoms. The maximum absolute atomic E-state index is 11.5. The first-order chi connectivity index (χ1) is 10.8. The Morgan fingerprint density at radius 2 is 1.70 bits per heavy atom. The van der Waals surface area contributed by atoms with Crippen LogP contribution < -0.4 is 4.74 Å². The Morgan fingerprint density at radius 3 is 2.26 bits per heavy atom. The SMILES string of the molecule is CC1(C)Oc2c(C(=O)O)cc(C(=O)O)cc2C1c1ccccc1. The Morgan fingerprint density at radius 1 is 1.04 bits per heavy atom. The van der Waals surface area contributed by atoms with Gasteiger partial charge in [-0.15, -0.1) is 0 Å². The highest BCUT2D eigenvalue weighted by atomic mass is 16.5. The van der Waals surface area contributed by atoms with Crippen molar-refractivity contribution in [2.75, 3.05) is 0 Å². The van der Waals surface area contributed by atoms with E-state index in [1.54, 1.807) is 0 Å². The molecule has 0 aliphatic carbocycles. The van der Waals surface area contributed by atoms with Gasteiger partial charge in [0.05, 0.1) is 11.5 Å². The number of rotatable bonds is 3. The van der Waals surface area contributed by atoms with Gasteiger partial charge in [-0.3, -0.25) is 0 Å². The van der Waals surface area contributed by atoms with Crippen molar-refractivity contribution < 1.29 is 24.5 Å². The second-order valence-electron chi connectivity index (χ2n) is 6.10. The average molecular weight is 312 g/mol. The summed E-state index contributed by atoms with van der Waals surface area (Å²) in [7, 11) is 0. The minimum Gasteiger partial charge on any atom is -0.486 e. The molecule has 1 aliphatic rings. The molecule has 0 aromatic heterocycles. The monoisotopic (exact) mass is 312 g/mol. The lowest BCUT2D eigenvalue weighted by atomic mass is 9.80. The molecule has 5 nitrogen and oxygen atoms in total. The van der Waals surface area contributed by atoms with Gasteiger partial charge >= 0.3 is 11.9 Å². The molecule has 5 heteroatoms. The Kier molecular flexibility index (Phi) is 3.36. The normalized spacial score (nSPS) is 18.1. The van der Waals surface area contributed by atoms with Crippen LogP contribution >= 0.6 is 0 Å². The molecule has 0 fully saturated rings. The van der Waals surface area contributed by atoms with Crippen LogP contribution in [0.1, 0.15) is 51.6 Å². The number of benzene rings is 2. The molecule has 2 aromatic carbocycles. The molecule has 1 aliphatic heterocycles. The molecule has 0 bridgehead atoms. The second-order valence-corrected chi connectivity index (χ2v) is 6.10. The van der Waals surface area contributed by atoms with E-state index < -0.39 is 17.5 Å². The summed E-state index contributed by atoms with van der Waals surface area (Å²) in [6.45, 7) is 3.74. The number of carbonyl (C=O) groups is 2. The summed E-state index contributed by atoms with van der Waals surface area (Å²) < 4.78 is 5.91. The molecule has 2 aromatic rings. The molecule has 2 N–H and O–H groups in total. The zero-order chi connectivity index (χ0) is 16.8. The fourth-order valence-corrected chi connectivity index (χ4v) is 3.18. The number of ether oxygens (including phenoxy) is 1. The van der Waals surface area contributed by atoms with Gasteiger partial charge in [0.25, 0.3) is 0 Å². The van der Waals surface area contributed by atoms with Gasteiger partial charge in [-0.1, -0.05) is 30.3 Å². The summed E-state index contributed by atoms with van der Waals surface area (Å²) in [4.78, 5) is 22.9. The second kappa shape index (κ2) is 5.12.